The van der Waals surface area contributed by atoms with Gasteiger partial charge in [-0.2, -0.15) is 0 Å². The van der Waals surface area contributed by atoms with E-state index in [9.17, 15) is 19.5 Å². The molecule has 0 aromatic carbocycles. The largest absolute Gasteiger partial charge is 0.481 e. The molecule has 0 radical (unpaired) electrons. The summed E-state index contributed by atoms with van der Waals surface area (Å²) < 4.78 is 5.01. The molecule has 1 saturated heterocycles. The standard InChI is InChI=1S/C29H39N5O6/c1-2-22-27(30-17-21(29(38)39)16-26(37)40-15-5-8-25(35)36)31-18-32-28(22)34-13-11-20(12-14-34)24-10-9-19-6-3-4-7-23(19)33-24/h9-10,18,20-21H,2-8,11-17H2,1H3,(H,35,36)(H,38,39)(H,30,31,32)/t21-/m0/s1. The molecule has 0 saturated carbocycles. The molecular formula is C29H39N5O6. The van der Waals surface area contributed by atoms with Crippen molar-refractivity contribution in [2.45, 2.75) is 77.0 Å². The predicted octanol–water partition coefficient (Wildman–Crippen LogP) is 3.61. The highest BCUT2D eigenvalue weighted by molar-refractivity contribution is 5.79. The number of aliphatic carboxylic acids is 2. The number of aromatic nitrogens is 3. The summed E-state index contributed by atoms with van der Waals surface area (Å²) in [5.74, 6) is -1.96. The van der Waals surface area contributed by atoms with Crippen LogP contribution in [0.15, 0.2) is 18.5 Å². The second-order valence-corrected chi connectivity index (χ2v) is 10.5. The van der Waals surface area contributed by atoms with Crippen LogP contribution < -0.4 is 10.2 Å². The number of aryl methyl sites for hydroxylation is 2. The highest BCUT2D eigenvalue weighted by Crippen LogP contribution is 2.33. The fourth-order valence-corrected chi connectivity index (χ4v) is 5.50. The molecule has 2 aromatic heterocycles. The topological polar surface area (TPSA) is 155 Å². The Morgan fingerprint density at radius 1 is 1.12 bits per heavy atom. The SMILES string of the molecule is CCc1c(NC[C@H](CC(=O)OCCCC(=O)O)C(=O)O)ncnc1N1CCC(c2ccc3c(n2)CCCC3)CC1. The van der Waals surface area contributed by atoms with Crippen molar-refractivity contribution >= 4 is 29.5 Å². The number of fused-ring (bicyclic) bond motifs is 1. The van der Waals surface area contributed by atoms with Crippen LogP contribution in [0.1, 0.15) is 80.3 Å². The van der Waals surface area contributed by atoms with E-state index < -0.39 is 23.8 Å². The Hall–Kier alpha value is -3.76. The number of rotatable bonds is 13. The van der Waals surface area contributed by atoms with Gasteiger partial charge < -0.3 is 25.2 Å². The molecule has 11 heteroatoms. The Morgan fingerprint density at radius 2 is 1.90 bits per heavy atom. The number of piperidine rings is 1. The Morgan fingerprint density at radius 3 is 2.62 bits per heavy atom. The number of hydrogen-bond donors (Lipinski definition) is 3. The predicted molar refractivity (Wildman–Crippen MR) is 149 cm³/mol. The smallest absolute Gasteiger partial charge is 0.308 e. The fourth-order valence-electron chi connectivity index (χ4n) is 5.50. The van der Waals surface area contributed by atoms with Gasteiger partial charge in [-0.15, -0.1) is 0 Å². The van der Waals surface area contributed by atoms with Crippen LogP contribution in [0, 0.1) is 5.92 Å². The summed E-state index contributed by atoms with van der Waals surface area (Å²) in [4.78, 5) is 50.7. The van der Waals surface area contributed by atoms with Crippen LogP contribution in [0.2, 0.25) is 0 Å². The zero-order valence-electron chi connectivity index (χ0n) is 23.1. The minimum absolute atomic E-state index is 0.00488. The van der Waals surface area contributed by atoms with Crippen molar-refractivity contribution in [3.63, 3.8) is 0 Å². The number of ether oxygens (including phenoxy) is 1. The van der Waals surface area contributed by atoms with Gasteiger partial charge in [0.15, 0.2) is 0 Å². The molecule has 0 bridgehead atoms. The van der Waals surface area contributed by atoms with Crippen molar-refractivity contribution in [2.75, 3.05) is 36.5 Å². The lowest BCUT2D eigenvalue weighted by molar-refractivity contribution is -0.151. The van der Waals surface area contributed by atoms with E-state index in [0.29, 0.717) is 18.2 Å². The molecule has 1 atom stereocenters. The third-order valence-electron chi connectivity index (χ3n) is 7.76. The maximum absolute atomic E-state index is 12.1. The van der Waals surface area contributed by atoms with Gasteiger partial charge in [0.25, 0.3) is 0 Å². The summed E-state index contributed by atoms with van der Waals surface area (Å²) in [5, 5.41) is 21.4. The number of esters is 1. The molecule has 0 unspecified atom stereocenters. The summed E-state index contributed by atoms with van der Waals surface area (Å²) in [6.07, 6.45) is 8.55. The van der Waals surface area contributed by atoms with Crippen LogP contribution in [0.25, 0.3) is 0 Å². The molecule has 0 spiro atoms. The summed E-state index contributed by atoms with van der Waals surface area (Å²) in [7, 11) is 0. The molecule has 2 aromatic rings. The van der Waals surface area contributed by atoms with E-state index in [1.807, 2.05) is 6.92 Å². The maximum Gasteiger partial charge on any atom is 0.308 e. The second kappa shape index (κ2) is 14.0. The minimum atomic E-state index is -1.12. The van der Waals surface area contributed by atoms with E-state index in [2.05, 4.69) is 32.3 Å². The van der Waals surface area contributed by atoms with E-state index in [4.69, 9.17) is 14.8 Å². The third-order valence-corrected chi connectivity index (χ3v) is 7.76. The Bertz CT molecular complexity index is 1200. The lowest BCUT2D eigenvalue weighted by Crippen LogP contribution is -2.35. The van der Waals surface area contributed by atoms with Crippen LogP contribution in [0.5, 0.6) is 0 Å². The van der Waals surface area contributed by atoms with Crippen molar-refractivity contribution in [3.8, 4) is 0 Å². The Balaban J connectivity index is 1.34. The Kier molecular flexibility index (Phi) is 10.3. The van der Waals surface area contributed by atoms with E-state index in [0.717, 1.165) is 50.2 Å². The summed E-state index contributed by atoms with van der Waals surface area (Å²) in [6, 6.07) is 4.48. The molecule has 4 rings (SSSR count). The zero-order valence-corrected chi connectivity index (χ0v) is 23.1. The van der Waals surface area contributed by atoms with Gasteiger partial charge >= 0.3 is 17.9 Å². The number of carboxylic acid groups (broad SMARTS) is 2. The first kappa shape index (κ1) is 29.2. The molecule has 1 fully saturated rings. The van der Waals surface area contributed by atoms with Crippen LogP contribution >= 0.6 is 0 Å². The van der Waals surface area contributed by atoms with Gasteiger partial charge in [0.2, 0.25) is 0 Å². The van der Waals surface area contributed by atoms with Crippen molar-refractivity contribution in [2.24, 2.45) is 5.92 Å². The van der Waals surface area contributed by atoms with Gasteiger partial charge in [-0.25, -0.2) is 9.97 Å². The number of carboxylic acids is 2. The molecule has 216 valence electrons. The maximum atomic E-state index is 12.1. The third kappa shape index (κ3) is 7.67. The number of carbonyl (C=O) groups excluding carboxylic acids is 1. The minimum Gasteiger partial charge on any atom is -0.481 e. The number of hydrogen-bond acceptors (Lipinski definition) is 9. The monoisotopic (exact) mass is 553 g/mol. The quantitative estimate of drug-likeness (QED) is 0.246. The van der Waals surface area contributed by atoms with Crippen molar-refractivity contribution in [1.82, 2.24) is 15.0 Å². The number of anilines is 2. The van der Waals surface area contributed by atoms with Crippen LogP contribution in [-0.4, -0.2) is 69.3 Å². The number of nitrogens with one attached hydrogen (secondary N) is 1. The van der Waals surface area contributed by atoms with Gasteiger partial charge in [-0.05, 0) is 63.0 Å². The molecule has 1 aliphatic heterocycles. The van der Waals surface area contributed by atoms with E-state index in [1.165, 1.54) is 36.1 Å². The van der Waals surface area contributed by atoms with Gasteiger partial charge in [0, 0.05) is 48.9 Å². The first-order valence-corrected chi connectivity index (χ1v) is 14.3. The van der Waals surface area contributed by atoms with Crippen LogP contribution in [-0.2, 0) is 38.4 Å². The first-order valence-electron chi connectivity index (χ1n) is 14.3. The van der Waals surface area contributed by atoms with Crippen molar-refractivity contribution in [1.29, 1.82) is 0 Å². The van der Waals surface area contributed by atoms with E-state index >= 15 is 0 Å². The lowest BCUT2D eigenvalue weighted by atomic mass is 9.90. The van der Waals surface area contributed by atoms with Gasteiger partial charge in [-0.3, -0.25) is 19.4 Å². The fraction of sp³-hybridized carbons (Fsp3) is 0.586. The molecule has 40 heavy (non-hydrogen) atoms. The van der Waals surface area contributed by atoms with Gasteiger partial charge in [0.1, 0.15) is 18.0 Å². The van der Waals surface area contributed by atoms with Crippen molar-refractivity contribution in [3.05, 3.63) is 41.0 Å². The zero-order chi connectivity index (χ0) is 28.5. The molecule has 3 heterocycles. The molecular weight excluding hydrogens is 514 g/mol. The Labute approximate surface area is 234 Å². The molecule has 11 nitrogen and oxygen atoms in total. The highest BCUT2D eigenvalue weighted by atomic mass is 16.5. The van der Waals surface area contributed by atoms with Gasteiger partial charge in [-0.1, -0.05) is 13.0 Å². The van der Waals surface area contributed by atoms with Crippen LogP contribution in [0.3, 0.4) is 0 Å². The van der Waals surface area contributed by atoms with Gasteiger partial charge in [0.05, 0.1) is 18.9 Å². The molecule has 3 N–H and O–H groups in total. The number of pyridine rings is 1. The normalized spacial score (nSPS) is 16.2. The van der Waals surface area contributed by atoms with E-state index in [-0.39, 0.29) is 32.4 Å². The molecule has 1 aliphatic carbocycles. The molecule has 0 amide bonds. The second-order valence-electron chi connectivity index (χ2n) is 10.5. The van der Waals surface area contributed by atoms with E-state index in [1.54, 1.807) is 0 Å². The summed E-state index contributed by atoms with van der Waals surface area (Å²) in [5.41, 5.74) is 4.78. The van der Waals surface area contributed by atoms with Crippen LogP contribution in [0.4, 0.5) is 11.6 Å². The van der Waals surface area contributed by atoms with Crippen molar-refractivity contribution < 1.29 is 29.3 Å². The number of carbonyl (C=O) groups is 3. The lowest BCUT2D eigenvalue weighted by Gasteiger charge is -2.34. The molecule has 2 aliphatic rings. The average molecular weight is 554 g/mol. The first-order chi connectivity index (χ1) is 19.4. The highest BCUT2D eigenvalue weighted by Gasteiger charge is 2.27. The average Bonchev–Trinajstić information content (AvgIpc) is 2.96. The summed E-state index contributed by atoms with van der Waals surface area (Å²) >= 11 is 0. The number of nitrogens with zero attached hydrogens (tertiary/aromatic N) is 4. The summed E-state index contributed by atoms with van der Waals surface area (Å²) in [6.45, 7) is 3.64.